The first-order valence-electron chi connectivity index (χ1n) is 13.0. The lowest BCUT2D eigenvalue weighted by Gasteiger charge is -2.37. The average molecular weight is 494 g/mol. The van der Waals surface area contributed by atoms with E-state index >= 15 is 0 Å². The minimum absolute atomic E-state index is 0.143. The number of hydrogen-bond acceptors (Lipinski definition) is 5. The molecule has 194 valence electrons. The minimum atomic E-state index is -0.445. The molecule has 1 heterocycles. The van der Waals surface area contributed by atoms with Crippen LogP contribution in [0, 0.1) is 23.1 Å². The van der Waals surface area contributed by atoms with Crippen LogP contribution >= 0.6 is 0 Å². The lowest BCUT2D eigenvalue weighted by molar-refractivity contribution is 0.0274. The maximum atomic E-state index is 13.3. The Kier molecular flexibility index (Phi) is 10.9. The Morgan fingerprint density at radius 3 is 2.33 bits per heavy atom. The molecule has 6 heteroatoms. The maximum absolute atomic E-state index is 13.3. The van der Waals surface area contributed by atoms with Crippen LogP contribution in [0.25, 0.3) is 0 Å². The zero-order chi connectivity index (χ0) is 25.8. The van der Waals surface area contributed by atoms with Gasteiger partial charge >= 0.3 is 0 Å². The molecule has 2 aromatic carbocycles. The van der Waals surface area contributed by atoms with Crippen molar-refractivity contribution >= 4 is 0 Å². The molecule has 0 saturated carbocycles. The quantitative estimate of drug-likeness (QED) is 0.264. The van der Waals surface area contributed by atoms with Gasteiger partial charge in [0, 0.05) is 32.7 Å². The summed E-state index contributed by atoms with van der Waals surface area (Å²) in [5, 5.41) is 10.1. The molecule has 5 nitrogen and oxygen atoms in total. The molecule has 0 bridgehead atoms. The fourth-order valence-corrected chi connectivity index (χ4v) is 4.93. The van der Waals surface area contributed by atoms with Crippen molar-refractivity contribution in [2.75, 3.05) is 52.5 Å². The van der Waals surface area contributed by atoms with E-state index in [2.05, 4.69) is 48.4 Å². The van der Waals surface area contributed by atoms with Crippen molar-refractivity contribution in [3.8, 4) is 11.8 Å². The Balaban J connectivity index is 1.48. The Morgan fingerprint density at radius 1 is 1.06 bits per heavy atom. The second-order valence-electron chi connectivity index (χ2n) is 9.87. The third kappa shape index (κ3) is 7.89. The van der Waals surface area contributed by atoms with Crippen LogP contribution in [0.2, 0.25) is 0 Å². The molecule has 2 unspecified atom stereocenters. The van der Waals surface area contributed by atoms with Gasteiger partial charge in [-0.15, -0.1) is 6.58 Å². The molecule has 0 N–H and O–H groups in total. The lowest BCUT2D eigenvalue weighted by atomic mass is 9.70. The van der Waals surface area contributed by atoms with Crippen molar-refractivity contribution in [2.24, 2.45) is 5.92 Å². The summed E-state index contributed by atoms with van der Waals surface area (Å²) in [6.07, 6.45) is 3.44. The summed E-state index contributed by atoms with van der Waals surface area (Å²) in [5.74, 6) is 0.622. The maximum Gasteiger partial charge on any atom is 0.135 e. The van der Waals surface area contributed by atoms with E-state index in [1.807, 2.05) is 18.2 Å². The van der Waals surface area contributed by atoms with Gasteiger partial charge in [0.2, 0.25) is 0 Å². The molecule has 2 atom stereocenters. The SMILES string of the molecule is C=CCOCC(CN1CCN(CCCC(C#N)(c2ccccc2)C(C)C)CC1)Oc1ccc(F)cc1. The smallest absolute Gasteiger partial charge is 0.135 e. The number of benzene rings is 2. The molecule has 1 fully saturated rings. The van der Waals surface area contributed by atoms with Gasteiger partial charge in [-0.3, -0.25) is 4.90 Å². The zero-order valence-electron chi connectivity index (χ0n) is 21.7. The van der Waals surface area contributed by atoms with E-state index in [1.54, 1.807) is 18.2 Å². The van der Waals surface area contributed by atoms with Crippen LogP contribution in [0.15, 0.2) is 67.3 Å². The first-order valence-corrected chi connectivity index (χ1v) is 13.0. The monoisotopic (exact) mass is 493 g/mol. The van der Waals surface area contributed by atoms with Gasteiger partial charge in [0.1, 0.15) is 17.7 Å². The standard InChI is InChI=1S/C30H40FN3O2/c1-4-21-35-23-29(36-28-13-11-27(31)12-14-28)22-34-19-17-33(18-20-34)16-8-15-30(24-32,25(2)3)26-9-6-5-7-10-26/h4-7,9-14,25,29H,1,8,15-23H2,2-3H3. The second kappa shape index (κ2) is 14.1. The number of nitriles is 1. The Bertz CT molecular complexity index is 952. The van der Waals surface area contributed by atoms with Crippen LogP contribution in [0.4, 0.5) is 4.39 Å². The molecule has 0 aliphatic carbocycles. The molecule has 2 aromatic rings. The molecular weight excluding hydrogens is 453 g/mol. The predicted octanol–water partition coefficient (Wildman–Crippen LogP) is 5.29. The van der Waals surface area contributed by atoms with Crippen LogP contribution in [-0.2, 0) is 10.2 Å². The van der Waals surface area contributed by atoms with E-state index in [-0.39, 0.29) is 17.8 Å². The molecule has 1 saturated heterocycles. The van der Waals surface area contributed by atoms with Gasteiger partial charge in [-0.1, -0.05) is 50.3 Å². The van der Waals surface area contributed by atoms with Crippen LogP contribution < -0.4 is 4.74 Å². The fourth-order valence-electron chi connectivity index (χ4n) is 4.93. The molecule has 0 amide bonds. The first kappa shape index (κ1) is 27.9. The highest BCUT2D eigenvalue weighted by Gasteiger charge is 2.35. The topological polar surface area (TPSA) is 48.7 Å². The van der Waals surface area contributed by atoms with Crippen molar-refractivity contribution in [2.45, 2.75) is 38.2 Å². The molecular formula is C30H40FN3O2. The van der Waals surface area contributed by atoms with E-state index in [1.165, 1.54) is 12.1 Å². The van der Waals surface area contributed by atoms with Gasteiger partial charge in [-0.25, -0.2) is 4.39 Å². The van der Waals surface area contributed by atoms with Crippen molar-refractivity contribution in [3.05, 3.63) is 78.6 Å². The van der Waals surface area contributed by atoms with E-state index < -0.39 is 5.41 Å². The Morgan fingerprint density at radius 2 is 1.72 bits per heavy atom. The second-order valence-corrected chi connectivity index (χ2v) is 9.87. The molecule has 1 aliphatic rings. The third-order valence-electron chi connectivity index (χ3n) is 7.10. The number of hydrogen-bond donors (Lipinski definition) is 0. The van der Waals surface area contributed by atoms with E-state index in [4.69, 9.17) is 9.47 Å². The van der Waals surface area contributed by atoms with Gasteiger partial charge in [-0.05, 0) is 55.1 Å². The molecule has 0 spiro atoms. The van der Waals surface area contributed by atoms with Gasteiger partial charge in [0.25, 0.3) is 0 Å². The number of rotatable bonds is 14. The molecule has 36 heavy (non-hydrogen) atoms. The summed E-state index contributed by atoms with van der Waals surface area (Å²) >= 11 is 0. The lowest BCUT2D eigenvalue weighted by Crippen LogP contribution is -2.50. The Hall–Kier alpha value is -2.72. The normalized spacial score (nSPS) is 17.3. The van der Waals surface area contributed by atoms with Crippen molar-refractivity contribution < 1.29 is 13.9 Å². The van der Waals surface area contributed by atoms with Crippen LogP contribution in [0.5, 0.6) is 5.75 Å². The van der Waals surface area contributed by atoms with Crippen molar-refractivity contribution in [1.82, 2.24) is 9.80 Å². The van der Waals surface area contributed by atoms with Gasteiger partial charge in [0.05, 0.1) is 24.7 Å². The summed E-state index contributed by atoms with van der Waals surface area (Å²) in [5.41, 5.74) is 0.678. The van der Waals surface area contributed by atoms with Gasteiger partial charge < -0.3 is 14.4 Å². The van der Waals surface area contributed by atoms with E-state index in [0.717, 1.165) is 57.7 Å². The van der Waals surface area contributed by atoms with Crippen molar-refractivity contribution in [1.29, 1.82) is 5.26 Å². The predicted molar refractivity (Wildman–Crippen MR) is 143 cm³/mol. The summed E-state index contributed by atoms with van der Waals surface area (Å²) in [6, 6.07) is 19.0. The van der Waals surface area contributed by atoms with Gasteiger partial charge in [0.15, 0.2) is 0 Å². The van der Waals surface area contributed by atoms with Crippen molar-refractivity contribution in [3.63, 3.8) is 0 Å². The summed E-state index contributed by atoms with van der Waals surface area (Å²) in [4.78, 5) is 4.90. The number of ether oxygens (including phenoxy) is 2. The molecule has 0 radical (unpaired) electrons. The first-order chi connectivity index (χ1) is 17.5. The van der Waals surface area contributed by atoms with Crippen LogP contribution in [-0.4, -0.2) is 68.4 Å². The highest BCUT2D eigenvalue weighted by Crippen LogP contribution is 2.36. The Labute approximate surface area is 216 Å². The van der Waals surface area contributed by atoms with E-state index in [9.17, 15) is 9.65 Å². The highest BCUT2D eigenvalue weighted by atomic mass is 19.1. The van der Waals surface area contributed by atoms with E-state index in [0.29, 0.717) is 19.0 Å². The molecule has 3 rings (SSSR count). The zero-order valence-corrected chi connectivity index (χ0v) is 21.7. The minimum Gasteiger partial charge on any atom is -0.487 e. The summed E-state index contributed by atoms with van der Waals surface area (Å²) in [6.45, 7) is 14.6. The highest BCUT2D eigenvalue weighted by molar-refractivity contribution is 5.33. The number of piperazine rings is 1. The fraction of sp³-hybridized carbons (Fsp3) is 0.500. The number of halogens is 1. The van der Waals surface area contributed by atoms with Crippen LogP contribution in [0.3, 0.4) is 0 Å². The van der Waals surface area contributed by atoms with Gasteiger partial charge in [-0.2, -0.15) is 5.26 Å². The van der Waals surface area contributed by atoms with Crippen LogP contribution in [0.1, 0.15) is 32.3 Å². The summed E-state index contributed by atoms with van der Waals surface area (Å²) in [7, 11) is 0. The summed E-state index contributed by atoms with van der Waals surface area (Å²) < 4.78 is 25.0. The molecule has 0 aromatic heterocycles. The number of nitrogens with zero attached hydrogens (tertiary/aromatic N) is 3. The molecule has 1 aliphatic heterocycles. The third-order valence-corrected chi connectivity index (χ3v) is 7.10. The largest absolute Gasteiger partial charge is 0.487 e. The average Bonchev–Trinajstić information content (AvgIpc) is 2.89.